The first-order valence-electron chi connectivity index (χ1n) is 3.98. The van der Waals surface area contributed by atoms with Crippen molar-refractivity contribution in [1.82, 2.24) is 19.7 Å². The molecule has 2 aromatic heterocycles. The van der Waals surface area contributed by atoms with Crippen molar-refractivity contribution >= 4 is 17.6 Å². The standard InChI is InChI=1S/C8H9N5S/c1-13-5-6(2-12-13)14-8-4-10-7(9)3-11-8/h2-5H,1H3,(H2,9,10). The zero-order valence-electron chi connectivity index (χ0n) is 7.58. The van der Waals surface area contributed by atoms with Crippen LogP contribution in [0.5, 0.6) is 0 Å². The molecule has 0 bridgehead atoms. The van der Waals surface area contributed by atoms with E-state index in [4.69, 9.17) is 5.73 Å². The van der Waals surface area contributed by atoms with Gasteiger partial charge in [-0.1, -0.05) is 11.8 Å². The fraction of sp³-hybridized carbons (Fsp3) is 0.125. The number of rotatable bonds is 2. The van der Waals surface area contributed by atoms with Crippen molar-refractivity contribution in [3.8, 4) is 0 Å². The molecule has 0 atom stereocenters. The molecular weight excluding hydrogens is 198 g/mol. The highest BCUT2D eigenvalue weighted by Crippen LogP contribution is 2.24. The van der Waals surface area contributed by atoms with Gasteiger partial charge in [-0.15, -0.1) is 0 Å². The number of hydrogen-bond acceptors (Lipinski definition) is 5. The Labute approximate surface area is 85.4 Å². The van der Waals surface area contributed by atoms with Crippen molar-refractivity contribution in [1.29, 1.82) is 0 Å². The van der Waals surface area contributed by atoms with Gasteiger partial charge in [0, 0.05) is 13.2 Å². The molecule has 72 valence electrons. The van der Waals surface area contributed by atoms with E-state index in [0.717, 1.165) is 9.92 Å². The van der Waals surface area contributed by atoms with E-state index in [9.17, 15) is 0 Å². The second kappa shape index (κ2) is 3.67. The predicted molar refractivity (Wildman–Crippen MR) is 53.8 cm³/mol. The maximum absolute atomic E-state index is 5.42. The van der Waals surface area contributed by atoms with Gasteiger partial charge in [-0.3, -0.25) is 4.68 Å². The summed E-state index contributed by atoms with van der Waals surface area (Å²) in [4.78, 5) is 9.10. The topological polar surface area (TPSA) is 69.6 Å². The lowest BCUT2D eigenvalue weighted by Crippen LogP contribution is -1.90. The Morgan fingerprint density at radius 1 is 1.29 bits per heavy atom. The molecule has 0 saturated carbocycles. The molecule has 0 radical (unpaired) electrons. The van der Waals surface area contributed by atoms with Crippen LogP contribution in [0.15, 0.2) is 34.7 Å². The van der Waals surface area contributed by atoms with Crippen LogP contribution in [0.4, 0.5) is 5.82 Å². The van der Waals surface area contributed by atoms with Gasteiger partial charge in [-0.25, -0.2) is 9.97 Å². The van der Waals surface area contributed by atoms with Crippen molar-refractivity contribution in [3.63, 3.8) is 0 Å². The molecule has 0 aromatic carbocycles. The minimum atomic E-state index is 0.431. The summed E-state index contributed by atoms with van der Waals surface area (Å²) in [5.41, 5.74) is 5.42. The van der Waals surface area contributed by atoms with E-state index in [1.807, 2.05) is 13.2 Å². The van der Waals surface area contributed by atoms with Gasteiger partial charge >= 0.3 is 0 Å². The second-order valence-corrected chi connectivity index (χ2v) is 3.83. The third kappa shape index (κ3) is 2.02. The number of nitrogens with two attached hydrogens (primary N) is 1. The van der Waals surface area contributed by atoms with Crippen LogP contribution in [0.2, 0.25) is 0 Å². The summed E-state index contributed by atoms with van der Waals surface area (Å²) < 4.78 is 1.74. The van der Waals surface area contributed by atoms with Gasteiger partial charge in [0.25, 0.3) is 0 Å². The average molecular weight is 207 g/mol. The summed E-state index contributed by atoms with van der Waals surface area (Å²) in [6, 6.07) is 0. The minimum Gasteiger partial charge on any atom is -0.382 e. The van der Waals surface area contributed by atoms with Crippen LogP contribution in [-0.2, 0) is 7.05 Å². The summed E-state index contributed by atoms with van der Waals surface area (Å²) in [7, 11) is 1.87. The molecule has 6 heteroatoms. The molecule has 0 unspecified atom stereocenters. The van der Waals surface area contributed by atoms with Crippen LogP contribution in [-0.4, -0.2) is 19.7 Å². The predicted octanol–water partition coefficient (Wildman–Crippen LogP) is 0.944. The number of nitrogen functional groups attached to an aromatic ring is 1. The first-order valence-corrected chi connectivity index (χ1v) is 4.80. The lowest BCUT2D eigenvalue weighted by atomic mass is 10.7. The van der Waals surface area contributed by atoms with Crippen molar-refractivity contribution in [3.05, 3.63) is 24.8 Å². The molecule has 0 aliphatic heterocycles. The quantitative estimate of drug-likeness (QED) is 0.793. The number of aromatic nitrogens is 4. The smallest absolute Gasteiger partial charge is 0.141 e. The monoisotopic (exact) mass is 207 g/mol. The van der Waals surface area contributed by atoms with Gasteiger partial charge in [0.1, 0.15) is 10.8 Å². The summed E-state index contributed by atoms with van der Waals surface area (Å²) in [6.07, 6.45) is 6.89. The molecule has 0 spiro atoms. The van der Waals surface area contributed by atoms with E-state index in [1.165, 1.54) is 11.8 Å². The van der Waals surface area contributed by atoms with E-state index < -0.39 is 0 Å². The Bertz CT molecular complexity index is 422. The molecule has 14 heavy (non-hydrogen) atoms. The Hall–Kier alpha value is -1.56. The number of aryl methyl sites for hydroxylation is 1. The highest BCUT2D eigenvalue weighted by atomic mass is 32.2. The van der Waals surface area contributed by atoms with Crippen LogP contribution >= 0.6 is 11.8 Å². The van der Waals surface area contributed by atoms with Gasteiger partial charge < -0.3 is 5.73 Å². The van der Waals surface area contributed by atoms with Crippen molar-refractivity contribution < 1.29 is 0 Å². The van der Waals surface area contributed by atoms with Crippen LogP contribution in [0.25, 0.3) is 0 Å². The minimum absolute atomic E-state index is 0.431. The SMILES string of the molecule is Cn1cc(Sc2cnc(N)cn2)cn1. The molecule has 0 fully saturated rings. The molecule has 2 rings (SSSR count). The zero-order chi connectivity index (χ0) is 9.97. The van der Waals surface area contributed by atoms with Gasteiger partial charge in [0.05, 0.1) is 23.5 Å². The average Bonchev–Trinajstić information content (AvgIpc) is 2.56. The number of anilines is 1. The highest BCUT2D eigenvalue weighted by Gasteiger charge is 2.00. The first kappa shape index (κ1) is 9.01. The molecule has 5 nitrogen and oxygen atoms in total. The van der Waals surface area contributed by atoms with E-state index in [2.05, 4.69) is 15.1 Å². The van der Waals surface area contributed by atoms with Gasteiger partial charge in [0.2, 0.25) is 0 Å². The number of hydrogen-bond donors (Lipinski definition) is 1. The largest absolute Gasteiger partial charge is 0.382 e. The van der Waals surface area contributed by atoms with Crippen LogP contribution in [0, 0.1) is 0 Å². The van der Waals surface area contributed by atoms with Gasteiger partial charge in [0.15, 0.2) is 0 Å². The van der Waals surface area contributed by atoms with Crippen LogP contribution in [0.1, 0.15) is 0 Å². The number of nitrogens with zero attached hydrogens (tertiary/aromatic N) is 4. The molecular formula is C8H9N5S. The van der Waals surface area contributed by atoms with E-state index in [1.54, 1.807) is 23.3 Å². The Morgan fingerprint density at radius 2 is 2.14 bits per heavy atom. The maximum Gasteiger partial charge on any atom is 0.141 e. The molecule has 2 N–H and O–H groups in total. The van der Waals surface area contributed by atoms with Crippen molar-refractivity contribution in [2.75, 3.05) is 5.73 Å². The summed E-state index contributed by atoms with van der Waals surface area (Å²) in [5, 5.41) is 4.87. The summed E-state index contributed by atoms with van der Waals surface area (Å²) >= 11 is 1.50. The molecule has 2 aromatic rings. The van der Waals surface area contributed by atoms with E-state index >= 15 is 0 Å². The lowest BCUT2D eigenvalue weighted by Gasteiger charge is -1.96. The first-order chi connectivity index (χ1) is 6.74. The Morgan fingerprint density at radius 3 is 2.71 bits per heavy atom. The van der Waals surface area contributed by atoms with Crippen LogP contribution in [0.3, 0.4) is 0 Å². The Kier molecular flexibility index (Phi) is 2.36. The molecule has 0 aliphatic rings. The van der Waals surface area contributed by atoms with Gasteiger partial charge in [-0.2, -0.15) is 5.10 Å². The fourth-order valence-electron chi connectivity index (χ4n) is 0.951. The lowest BCUT2D eigenvalue weighted by molar-refractivity contribution is 0.766. The molecule has 2 heterocycles. The van der Waals surface area contributed by atoms with E-state index in [0.29, 0.717) is 5.82 Å². The van der Waals surface area contributed by atoms with Crippen molar-refractivity contribution in [2.24, 2.45) is 7.05 Å². The van der Waals surface area contributed by atoms with Crippen LogP contribution < -0.4 is 5.73 Å². The van der Waals surface area contributed by atoms with Gasteiger partial charge in [-0.05, 0) is 0 Å². The molecule has 0 aliphatic carbocycles. The summed E-state index contributed by atoms with van der Waals surface area (Å²) in [5.74, 6) is 0.431. The summed E-state index contributed by atoms with van der Waals surface area (Å²) in [6.45, 7) is 0. The maximum atomic E-state index is 5.42. The Balaban J connectivity index is 2.15. The van der Waals surface area contributed by atoms with E-state index in [-0.39, 0.29) is 0 Å². The third-order valence-corrected chi connectivity index (χ3v) is 2.42. The molecule has 0 amide bonds. The molecule has 0 saturated heterocycles. The zero-order valence-corrected chi connectivity index (χ0v) is 8.40. The highest BCUT2D eigenvalue weighted by molar-refractivity contribution is 7.99. The third-order valence-electron chi connectivity index (χ3n) is 1.55. The fourth-order valence-corrected chi connectivity index (χ4v) is 1.71. The van der Waals surface area contributed by atoms with Crippen molar-refractivity contribution in [2.45, 2.75) is 9.92 Å². The second-order valence-electron chi connectivity index (χ2n) is 2.73. The normalized spacial score (nSPS) is 10.4.